The third-order valence-electron chi connectivity index (χ3n) is 4.51. The van der Waals surface area contributed by atoms with E-state index in [9.17, 15) is 9.18 Å². The fraction of sp³-hybridized carbons (Fsp3) is 0.190. The average Bonchev–Trinajstić information content (AvgIpc) is 3.50. The van der Waals surface area contributed by atoms with Gasteiger partial charge in [0, 0.05) is 23.2 Å². The first-order valence-corrected chi connectivity index (χ1v) is 12.0. The van der Waals surface area contributed by atoms with Crippen LogP contribution in [0.1, 0.15) is 27.2 Å². The highest BCUT2D eigenvalue weighted by molar-refractivity contribution is 7.99. The Morgan fingerprint density at radius 2 is 1.90 bits per heavy atom. The van der Waals surface area contributed by atoms with Gasteiger partial charge in [-0.1, -0.05) is 36.0 Å². The lowest BCUT2D eigenvalue weighted by Gasteiger charge is -2.18. The Labute approximate surface area is 186 Å². The minimum absolute atomic E-state index is 0.120. The summed E-state index contributed by atoms with van der Waals surface area (Å²) in [5.41, 5.74) is 0.842. The summed E-state index contributed by atoms with van der Waals surface area (Å²) in [7, 11) is 1.91. The maximum Gasteiger partial charge on any atom is 0.231 e. The zero-order valence-electron chi connectivity index (χ0n) is 16.1. The number of nitrogens with one attached hydrogen (secondary N) is 1. The van der Waals surface area contributed by atoms with Crippen LogP contribution in [0.3, 0.4) is 0 Å². The number of carbonyl (C=O) groups is 1. The molecule has 1 N–H and O–H groups in total. The predicted molar refractivity (Wildman–Crippen MR) is 120 cm³/mol. The predicted octanol–water partition coefficient (Wildman–Crippen LogP) is 4.67. The fourth-order valence-corrected chi connectivity index (χ4v) is 5.20. The van der Waals surface area contributed by atoms with E-state index in [1.807, 2.05) is 40.6 Å². The van der Waals surface area contributed by atoms with Crippen molar-refractivity contribution >= 4 is 40.3 Å². The Kier molecular flexibility index (Phi) is 6.61. The fourth-order valence-electron chi connectivity index (χ4n) is 2.96. The summed E-state index contributed by atoms with van der Waals surface area (Å²) in [5, 5.41) is 16.2. The molecule has 1 unspecified atom stereocenters. The normalized spacial score (nSPS) is 12.1. The van der Waals surface area contributed by atoms with Crippen LogP contribution in [0.25, 0.3) is 0 Å². The van der Waals surface area contributed by atoms with Gasteiger partial charge in [-0.25, -0.2) is 4.39 Å². The molecule has 0 aliphatic heterocycles. The van der Waals surface area contributed by atoms with Crippen LogP contribution in [-0.4, -0.2) is 26.4 Å². The Hall–Kier alpha value is -2.49. The number of nitrogens with zero attached hydrogens (tertiary/aromatic N) is 3. The maximum absolute atomic E-state index is 13.3. The van der Waals surface area contributed by atoms with E-state index in [4.69, 9.17) is 0 Å². The molecular formula is C21H19FN4OS3. The molecular weight excluding hydrogens is 439 g/mol. The van der Waals surface area contributed by atoms with E-state index >= 15 is 0 Å². The summed E-state index contributed by atoms with van der Waals surface area (Å²) in [6, 6.07) is 13.9. The molecule has 0 radical (unpaired) electrons. The molecule has 1 aromatic carbocycles. The van der Waals surface area contributed by atoms with Gasteiger partial charge in [-0.05, 0) is 40.6 Å². The van der Waals surface area contributed by atoms with Gasteiger partial charge < -0.3 is 9.88 Å². The quantitative estimate of drug-likeness (QED) is 0.390. The van der Waals surface area contributed by atoms with Crippen LogP contribution in [0.2, 0.25) is 0 Å². The summed E-state index contributed by atoms with van der Waals surface area (Å²) in [6.07, 6.45) is 0.721. The van der Waals surface area contributed by atoms with E-state index in [0.717, 1.165) is 22.7 Å². The largest absolute Gasteiger partial charge is 0.344 e. The topological polar surface area (TPSA) is 59.8 Å². The summed E-state index contributed by atoms with van der Waals surface area (Å²) in [6.45, 7) is 0. The van der Waals surface area contributed by atoms with Crippen LogP contribution in [0.15, 0.2) is 64.4 Å². The Morgan fingerprint density at radius 1 is 1.13 bits per heavy atom. The molecule has 0 saturated heterocycles. The molecule has 5 nitrogen and oxygen atoms in total. The van der Waals surface area contributed by atoms with Crippen LogP contribution >= 0.6 is 34.4 Å². The average molecular weight is 459 g/mol. The number of thiophene rings is 2. The maximum atomic E-state index is 13.3. The first kappa shape index (κ1) is 20.8. The van der Waals surface area contributed by atoms with E-state index < -0.39 is 0 Å². The van der Waals surface area contributed by atoms with Crippen molar-refractivity contribution in [1.82, 2.24) is 20.1 Å². The second-order valence-electron chi connectivity index (χ2n) is 6.57. The number of carbonyl (C=O) groups excluding carboxylic acids is 1. The minimum Gasteiger partial charge on any atom is -0.344 e. The molecule has 30 heavy (non-hydrogen) atoms. The molecule has 4 rings (SSSR count). The molecule has 0 saturated carbocycles. The number of amides is 1. The zero-order valence-corrected chi connectivity index (χ0v) is 18.6. The Morgan fingerprint density at radius 3 is 2.60 bits per heavy atom. The Balaban J connectivity index is 1.41. The highest BCUT2D eigenvalue weighted by Gasteiger charge is 2.19. The number of hydrogen-bond acceptors (Lipinski definition) is 6. The third-order valence-corrected chi connectivity index (χ3v) is 7.34. The van der Waals surface area contributed by atoms with Crippen LogP contribution < -0.4 is 5.32 Å². The van der Waals surface area contributed by atoms with E-state index in [2.05, 4.69) is 21.6 Å². The highest BCUT2D eigenvalue weighted by Crippen LogP contribution is 2.27. The molecule has 4 aromatic rings. The standard InChI is InChI=1S/C21H19FN4OS3/c1-26-18(12-16-4-2-10-28-16)24-25-21(26)30-13-19(27)23-20(17-5-3-11-29-17)14-6-8-15(22)9-7-14/h2-11,20H,12-13H2,1H3,(H,23,27). The summed E-state index contributed by atoms with van der Waals surface area (Å²) < 4.78 is 15.2. The smallest absolute Gasteiger partial charge is 0.231 e. The molecule has 1 atom stereocenters. The number of halogens is 1. The molecule has 3 heterocycles. The van der Waals surface area contributed by atoms with Crippen molar-refractivity contribution in [2.24, 2.45) is 7.05 Å². The number of benzene rings is 1. The van der Waals surface area contributed by atoms with Crippen molar-refractivity contribution in [2.45, 2.75) is 17.6 Å². The van der Waals surface area contributed by atoms with Gasteiger partial charge in [0.2, 0.25) is 5.91 Å². The Bertz CT molecular complexity index is 1090. The van der Waals surface area contributed by atoms with Gasteiger partial charge in [0.05, 0.1) is 11.8 Å². The molecule has 0 fully saturated rings. The zero-order chi connectivity index (χ0) is 20.9. The lowest BCUT2D eigenvalue weighted by Crippen LogP contribution is -2.30. The third kappa shape index (κ3) is 4.97. The molecule has 1 amide bonds. The molecule has 0 spiro atoms. The highest BCUT2D eigenvalue weighted by atomic mass is 32.2. The lowest BCUT2D eigenvalue weighted by atomic mass is 10.1. The summed E-state index contributed by atoms with van der Waals surface area (Å²) in [4.78, 5) is 14.9. The van der Waals surface area contributed by atoms with Crippen molar-refractivity contribution < 1.29 is 9.18 Å². The summed E-state index contributed by atoms with van der Waals surface area (Å²) >= 11 is 4.59. The molecule has 3 aromatic heterocycles. The van der Waals surface area contributed by atoms with Crippen LogP contribution in [-0.2, 0) is 18.3 Å². The van der Waals surface area contributed by atoms with Gasteiger partial charge in [0.25, 0.3) is 0 Å². The first-order chi connectivity index (χ1) is 14.6. The van der Waals surface area contributed by atoms with E-state index in [0.29, 0.717) is 5.16 Å². The monoisotopic (exact) mass is 458 g/mol. The SMILES string of the molecule is Cn1c(Cc2cccs2)nnc1SCC(=O)NC(c1ccc(F)cc1)c1cccs1. The second-order valence-corrected chi connectivity index (χ2v) is 9.52. The molecule has 0 bridgehead atoms. The lowest BCUT2D eigenvalue weighted by molar-refractivity contribution is -0.119. The van der Waals surface area contributed by atoms with Gasteiger partial charge in [-0.2, -0.15) is 0 Å². The van der Waals surface area contributed by atoms with Gasteiger partial charge in [0.15, 0.2) is 5.16 Å². The van der Waals surface area contributed by atoms with Gasteiger partial charge >= 0.3 is 0 Å². The van der Waals surface area contributed by atoms with Crippen molar-refractivity contribution in [3.63, 3.8) is 0 Å². The van der Waals surface area contributed by atoms with Gasteiger partial charge in [0.1, 0.15) is 11.6 Å². The van der Waals surface area contributed by atoms with Gasteiger partial charge in [-0.3, -0.25) is 4.79 Å². The van der Waals surface area contributed by atoms with Crippen LogP contribution in [0, 0.1) is 5.82 Å². The van der Waals surface area contributed by atoms with Crippen molar-refractivity contribution in [3.8, 4) is 0 Å². The number of aromatic nitrogens is 3. The van der Waals surface area contributed by atoms with E-state index in [1.54, 1.807) is 34.8 Å². The minimum atomic E-state index is -0.312. The van der Waals surface area contributed by atoms with Crippen molar-refractivity contribution in [2.75, 3.05) is 5.75 Å². The molecule has 154 valence electrons. The molecule has 0 aliphatic rings. The number of thioether (sulfide) groups is 1. The van der Waals surface area contributed by atoms with Crippen molar-refractivity contribution in [3.05, 3.63) is 86.3 Å². The van der Waals surface area contributed by atoms with Crippen LogP contribution in [0.4, 0.5) is 4.39 Å². The van der Waals surface area contributed by atoms with Gasteiger partial charge in [-0.15, -0.1) is 32.9 Å². The van der Waals surface area contributed by atoms with Crippen molar-refractivity contribution in [1.29, 1.82) is 0 Å². The van der Waals surface area contributed by atoms with E-state index in [-0.39, 0.29) is 23.5 Å². The number of rotatable bonds is 8. The molecule has 9 heteroatoms. The van der Waals surface area contributed by atoms with Crippen LogP contribution in [0.5, 0.6) is 0 Å². The first-order valence-electron chi connectivity index (χ1n) is 9.22. The summed E-state index contributed by atoms with van der Waals surface area (Å²) in [5.74, 6) is 0.661. The second kappa shape index (κ2) is 9.55. The molecule has 0 aliphatic carbocycles. The number of hydrogen-bond donors (Lipinski definition) is 1. The van der Waals surface area contributed by atoms with E-state index in [1.165, 1.54) is 28.8 Å².